The molecule has 2 amide bonds. The van der Waals surface area contributed by atoms with E-state index in [-0.39, 0.29) is 10.8 Å². The molecular weight excluding hydrogens is 422 g/mol. The zero-order valence-corrected chi connectivity index (χ0v) is 15.5. The highest BCUT2D eigenvalue weighted by atomic mass is 35.5. The number of hydrogen-bond acceptors (Lipinski definition) is 5. The maximum atomic E-state index is 13.9. The predicted molar refractivity (Wildman–Crippen MR) is 93.8 cm³/mol. The molecule has 2 N–H and O–H groups in total. The van der Waals surface area contributed by atoms with E-state index >= 15 is 0 Å². The number of nitrogens with one attached hydrogen (secondary N) is 2. The van der Waals surface area contributed by atoms with Crippen LogP contribution in [0.2, 0.25) is 5.02 Å². The van der Waals surface area contributed by atoms with Gasteiger partial charge >= 0.3 is 23.9 Å². The molecule has 12 heteroatoms. The van der Waals surface area contributed by atoms with Gasteiger partial charge in [0.05, 0.1) is 11.6 Å². The molecule has 0 aliphatic rings. The lowest BCUT2D eigenvalue weighted by Gasteiger charge is -2.33. The molecule has 0 saturated heterocycles. The van der Waals surface area contributed by atoms with E-state index in [1.54, 1.807) is 0 Å². The monoisotopic (exact) mass is 435 g/mol. The summed E-state index contributed by atoms with van der Waals surface area (Å²) < 4.78 is 64.0. The van der Waals surface area contributed by atoms with Crippen LogP contribution in [0.4, 0.5) is 28.2 Å². The van der Waals surface area contributed by atoms with E-state index < -0.39 is 42.1 Å². The fourth-order valence-corrected chi connectivity index (χ4v) is 2.14. The van der Waals surface area contributed by atoms with Gasteiger partial charge in [-0.05, 0) is 43.3 Å². The van der Waals surface area contributed by atoms with Gasteiger partial charge in [0.15, 0.2) is 0 Å². The predicted octanol–water partition coefficient (Wildman–Crippen LogP) is 3.90. The molecule has 29 heavy (non-hydrogen) atoms. The number of halogens is 5. The molecule has 1 aromatic heterocycles. The summed E-state index contributed by atoms with van der Waals surface area (Å²) in [6.07, 6.45) is -4.30. The topological polar surface area (TPSA) is 89.5 Å². The lowest BCUT2D eigenvalue weighted by atomic mass is 10.2. The zero-order chi connectivity index (χ0) is 21.7. The number of hydrogen-bond donors (Lipinski definition) is 2. The summed E-state index contributed by atoms with van der Waals surface area (Å²) in [5.41, 5.74) is -3.91. The van der Waals surface area contributed by atoms with Crippen LogP contribution in [-0.4, -0.2) is 35.5 Å². The number of amides is 2. The Morgan fingerprint density at radius 3 is 2.31 bits per heavy atom. The molecule has 1 aromatic carbocycles. The standard InChI is InChI=1S/C17H14ClF4N3O4/c1-2-28-14(26)16(17(20,21)22,29-12-6-4-11(19)5-7-12)25-15(27)24-13-8-3-10(18)9-23-13/h3-9H,2H2,1H3,(H2,23,24,25,27)/t16-/m1/s1. The number of rotatable bonds is 6. The van der Waals surface area contributed by atoms with Crippen LogP contribution in [0.15, 0.2) is 42.6 Å². The van der Waals surface area contributed by atoms with Crippen LogP contribution in [0.1, 0.15) is 6.92 Å². The number of nitrogens with zero attached hydrogens (tertiary/aromatic N) is 1. The summed E-state index contributed by atoms with van der Waals surface area (Å²) in [7, 11) is 0. The van der Waals surface area contributed by atoms with Crippen molar-refractivity contribution >= 4 is 29.4 Å². The van der Waals surface area contributed by atoms with Crippen molar-refractivity contribution in [1.29, 1.82) is 0 Å². The number of alkyl halides is 3. The average molecular weight is 436 g/mol. The van der Waals surface area contributed by atoms with Crippen molar-refractivity contribution in [1.82, 2.24) is 10.3 Å². The van der Waals surface area contributed by atoms with Crippen molar-refractivity contribution in [2.75, 3.05) is 11.9 Å². The SMILES string of the molecule is CCOC(=O)[C@@](NC(=O)Nc1ccc(Cl)cn1)(Oc1ccc(F)cc1)C(F)(F)F. The maximum Gasteiger partial charge on any atom is 0.460 e. The normalized spacial score (nSPS) is 13.2. The van der Waals surface area contributed by atoms with Crippen molar-refractivity contribution < 1.29 is 36.6 Å². The van der Waals surface area contributed by atoms with Gasteiger partial charge in [0.2, 0.25) is 0 Å². The second kappa shape index (κ2) is 8.95. The Bertz CT molecular complexity index is 862. The Kier molecular flexibility index (Phi) is 6.85. The lowest BCUT2D eigenvalue weighted by Crippen LogP contribution is -2.69. The summed E-state index contributed by atoms with van der Waals surface area (Å²) in [5, 5.41) is 3.69. The summed E-state index contributed by atoms with van der Waals surface area (Å²) >= 11 is 5.64. The fraction of sp³-hybridized carbons (Fsp3) is 0.235. The van der Waals surface area contributed by atoms with Crippen molar-refractivity contribution in [2.45, 2.75) is 18.8 Å². The molecule has 0 saturated carbocycles. The maximum absolute atomic E-state index is 13.9. The minimum absolute atomic E-state index is 0.145. The van der Waals surface area contributed by atoms with E-state index in [1.807, 2.05) is 5.32 Å². The molecule has 0 fully saturated rings. The molecule has 0 aliphatic carbocycles. The van der Waals surface area contributed by atoms with E-state index in [1.165, 1.54) is 24.4 Å². The molecule has 0 radical (unpaired) electrons. The van der Waals surface area contributed by atoms with Crippen molar-refractivity contribution in [3.63, 3.8) is 0 Å². The van der Waals surface area contributed by atoms with E-state index in [0.717, 1.165) is 30.5 Å². The molecule has 7 nitrogen and oxygen atoms in total. The molecule has 0 aliphatic heterocycles. The Labute approximate surface area is 167 Å². The van der Waals surface area contributed by atoms with Gasteiger partial charge in [-0.3, -0.25) is 10.6 Å². The van der Waals surface area contributed by atoms with Crippen LogP contribution < -0.4 is 15.4 Å². The van der Waals surface area contributed by atoms with Crippen molar-refractivity contribution in [3.05, 3.63) is 53.4 Å². The van der Waals surface area contributed by atoms with Gasteiger partial charge in [0, 0.05) is 6.20 Å². The molecular formula is C17H14ClF4N3O4. The number of pyridine rings is 1. The molecule has 0 bridgehead atoms. The largest absolute Gasteiger partial charge is 0.461 e. The van der Waals surface area contributed by atoms with E-state index in [9.17, 15) is 27.2 Å². The summed E-state index contributed by atoms with van der Waals surface area (Å²) in [6.45, 7) is 0.847. The summed E-state index contributed by atoms with van der Waals surface area (Å²) in [5.74, 6) is -3.35. The molecule has 2 rings (SSSR count). The third-order valence-electron chi connectivity index (χ3n) is 3.31. The summed E-state index contributed by atoms with van der Waals surface area (Å²) in [4.78, 5) is 28.1. The van der Waals surface area contributed by atoms with Crippen molar-refractivity contribution in [3.8, 4) is 5.75 Å². The average Bonchev–Trinajstić information content (AvgIpc) is 2.64. The van der Waals surface area contributed by atoms with Crippen LogP contribution in [0.5, 0.6) is 5.75 Å². The second-order valence-electron chi connectivity index (χ2n) is 5.40. The number of urea groups is 1. The number of esters is 1. The van der Waals surface area contributed by atoms with Crippen LogP contribution >= 0.6 is 11.6 Å². The second-order valence-corrected chi connectivity index (χ2v) is 5.83. The van der Waals surface area contributed by atoms with Crippen LogP contribution in [0.25, 0.3) is 0 Å². The first-order valence-corrected chi connectivity index (χ1v) is 8.34. The Hall–Kier alpha value is -3.08. The van der Waals surface area contributed by atoms with E-state index in [2.05, 4.69) is 9.72 Å². The Morgan fingerprint density at radius 1 is 1.14 bits per heavy atom. The number of benzene rings is 1. The molecule has 1 atom stereocenters. The first kappa shape index (κ1) is 22.2. The van der Waals surface area contributed by atoms with E-state index in [4.69, 9.17) is 16.3 Å². The highest BCUT2D eigenvalue weighted by Gasteiger charge is 2.66. The van der Waals surface area contributed by atoms with Gasteiger partial charge in [-0.1, -0.05) is 11.6 Å². The highest BCUT2D eigenvalue weighted by molar-refractivity contribution is 6.30. The van der Waals surface area contributed by atoms with Gasteiger partial charge < -0.3 is 9.47 Å². The molecule has 2 aromatic rings. The third-order valence-corrected chi connectivity index (χ3v) is 3.53. The first-order chi connectivity index (χ1) is 13.6. The molecule has 0 spiro atoms. The number of ether oxygens (including phenoxy) is 2. The molecule has 156 valence electrons. The highest BCUT2D eigenvalue weighted by Crippen LogP contribution is 2.34. The minimum Gasteiger partial charge on any atom is -0.461 e. The van der Waals surface area contributed by atoms with Gasteiger partial charge in [0.1, 0.15) is 17.4 Å². The third kappa shape index (κ3) is 5.47. The van der Waals surface area contributed by atoms with Gasteiger partial charge in [-0.2, -0.15) is 13.2 Å². The molecule has 1 heterocycles. The minimum atomic E-state index is -5.45. The van der Waals surface area contributed by atoms with Gasteiger partial charge in [-0.15, -0.1) is 0 Å². The quantitative estimate of drug-likeness (QED) is 0.408. The van der Waals surface area contributed by atoms with Gasteiger partial charge in [-0.25, -0.2) is 19.0 Å². The number of aromatic nitrogens is 1. The number of anilines is 1. The van der Waals surface area contributed by atoms with Crippen molar-refractivity contribution in [2.24, 2.45) is 0 Å². The first-order valence-electron chi connectivity index (χ1n) is 7.96. The van der Waals surface area contributed by atoms with Gasteiger partial charge in [0.25, 0.3) is 0 Å². The Morgan fingerprint density at radius 2 is 1.79 bits per heavy atom. The molecule has 0 unspecified atom stereocenters. The number of carbonyl (C=O) groups is 2. The zero-order valence-electron chi connectivity index (χ0n) is 14.7. The fourth-order valence-electron chi connectivity index (χ4n) is 2.03. The van der Waals surface area contributed by atoms with Crippen LogP contribution in [0.3, 0.4) is 0 Å². The van der Waals surface area contributed by atoms with Crippen LogP contribution in [0, 0.1) is 5.82 Å². The number of carbonyl (C=O) groups excluding carboxylic acids is 2. The lowest BCUT2D eigenvalue weighted by molar-refractivity contribution is -0.259. The van der Waals surface area contributed by atoms with Crippen LogP contribution in [-0.2, 0) is 9.53 Å². The Balaban J connectivity index is 2.37. The summed E-state index contributed by atoms with van der Waals surface area (Å²) in [6, 6.07) is 4.44. The van der Waals surface area contributed by atoms with E-state index in [0.29, 0.717) is 0 Å². The smallest absolute Gasteiger partial charge is 0.460 e.